The Morgan fingerprint density at radius 1 is 1.40 bits per heavy atom. The van der Waals surface area contributed by atoms with Crippen molar-refractivity contribution in [1.29, 1.82) is 0 Å². The Hall–Kier alpha value is -1.31. The van der Waals surface area contributed by atoms with Crippen molar-refractivity contribution in [3.8, 4) is 0 Å². The number of carbonyl (C=O) groups is 1. The molecule has 1 fully saturated rings. The van der Waals surface area contributed by atoms with Crippen LogP contribution in [0.15, 0.2) is 18.2 Å². The topological polar surface area (TPSA) is 29.1 Å². The first-order chi connectivity index (χ1) is 7.16. The molecular formula is C13H17NO. The zero-order chi connectivity index (χ0) is 10.8. The second-order valence-corrected chi connectivity index (χ2v) is 4.37. The van der Waals surface area contributed by atoms with E-state index in [2.05, 4.69) is 37.4 Å². The molecule has 1 saturated heterocycles. The summed E-state index contributed by atoms with van der Waals surface area (Å²) >= 11 is 0. The Bertz CT molecular complexity index is 384. The zero-order valence-electron chi connectivity index (χ0n) is 9.34. The molecule has 2 rings (SSSR count). The van der Waals surface area contributed by atoms with Gasteiger partial charge in [-0.3, -0.25) is 4.79 Å². The minimum Gasteiger partial charge on any atom is -0.353 e. The van der Waals surface area contributed by atoms with E-state index in [9.17, 15) is 4.79 Å². The molecule has 0 spiro atoms. The molecule has 1 atom stereocenters. The first-order valence-electron chi connectivity index (χ1n) is 5.51. The average molecular weight is 203 g/mol. The summed E-state index contributed by atoms with van der Waals surface area (Å²) in [6.45, 7) is 4.29. The average Bonchev–Trinajstić information content (AvgIpc) is 2.59. The van der Waals surface area contributed by atoms with E-state index in [0.717, 1.165) is 12.8 Å². The van der Waals surface area contributed by atoms with Crippen LogP contribution in [0.1, 0.15) is 29.5 Å². The molecular weight excluding hydrogens is 186 g/mol. The normalized spacial score (nSPS) is 20.4. The van der Waals surface area contributed by atoms with E-state index in [1.807, 2.05) is 0 Å². The molecule has 1 amide bonds. The number of amides is 1. The van der Waals surface area contributed by atoms with Gasteiger partial charge in [-0.05, 0) is 43.4 Å². The highest BCUT2D eigenvalue weighted by Crippen LogP contribution is 2.18. The molecule has 1 N–H and O–H groups in total. The summed E-state index contributed by atoms with van der Waals surface area (Å²) in [6.07, 6.45) is 2.64. The van der Waals surface area contributed by atoms with Gasteiger partial charge in [-0.2, -0.15) is 0 Å². The standard InChI is InChI=1S/C13H17NO/c1-9-4-3-5-11(10(9)2)8-12-6-7-13(15)14-12/h3-5,12H,6-8H2,1-2H3,(H,14,15). The largest absolute Gasteiger partial charge is 0.353 e. The van der Waals surface area contributed by atoms with Crippen LogP contribution in [0.25, 0.3) is 0 Å². The summed E-state index contributed by atoms with van der Waals surface area (Å²) in [6, 6.07) is 6.73. The minimum atomic E-state index is 0.199. The van der Waals surface area contributed by atoms with Crippen LogP contribution in [0.2, 0.25) is 0 Å². The molecule has 0 aliphatic carbocycles. The van der Waals surface area contributed by atoms with Gasteiger partial charge in [-0.15, -0.1) is 0 Å². The Labute approximate surface area is 90.7 Å². The summed E-state index contributed by atoms with van der Waals surface area (Å²) in [5.41, 5.74) is 4.05. The number of hydrogen-bond donors (Lipinski definition) is 1. The maximum Gasteiger partial charge on any atom is 0.220 e. The van der Waals surface area contributed by atoms with Gasteiger partial charge in [0.2, 0.25) is 5.91 Å². The van der Waals surface area contributed by atoms with E-state index in [-0.39, 0.29) is 5.91 Å². The van der Waals surface area contributed by atoms with Crippen molar-refractivity contribution >= 4 is 5.91 Å². The monoisotopic (exact) mass is 203 g/mol. The molecule has 1 unspecified atom stereocenters. The van der Waals surface area contributed by atoms with Crippen LogP contribution in [-0.4, -0.2) is 11.9 Å². The van der Waals surface area contributed by atoms with Crippen LogP contribution in [0.5, 0.6) is 0 Å². The minimum absolute atomic E-state index is 0.199. The Morgan fingerprint density at radius 3 is 2.87 bits per heavy atom. The van der Waals surface area contributed by atoms with Gasteiger partial charge in [-0.1, -0.05) is 18.2 Å². The highest BCUT2D eigenvalue weighted by molar-refractivity contribution is 5.78. The van der Waals surface area contributed by atoms with Gasteiger partial charge >= 0.3 is 0 Å². The number of nitrogens with one attached hydrogen (secondary N) is 1. The highest BCUT2D eigenvalue weighted by Gasteiger charge is 2.21. The van der Waals surface area contributed by atoms with Crippen molar-refractivity contribution in [2.24, 2.45) is 0 Å². The van der Waals surface area contributed by atoms with Crippen molar-refractivity contribution < 1.29 is 4.79 Å². The lowest BCUT2D eigenvalue weighted by Crippen LogP contribution is -2.27. The van der Waals surface area contributed by atoms with Crippen molar-refractivity contribution in [3.63, 3.8) is 0 Å². The van der Waals surface area contributed by atoms with Crippen molar-refractivity contribution in [1.82, 2.24) is 5.32 Å². The Kier molecular flexibility index (Phi) is 2.76. The fraction of sp³-hybridized carbons (Fsp3) is 0.462. The fourth-order valence-electron chi connectivity index (χ4n) is 2.13. The molecule has 0 radical (unpaired) electrons. The zero-order valence-corrected chi connectivity index (χ0v) is 9.34. The maximum atomic E-state index is 11.1. The van der Waals surface area contributed by atoms with Crippen molar-refractivity contribution in [2.75, 3.05) is 0 Å². The third-order valence-electron chi connectivity index (χ3n) is 3.27. The van der Waals surface area contributed by atoms with E-state index >= 15 is 0 Å². The third-order valence-corrected chi connectivity index (χ3v) is 3.27. The first-order valence-corrected chi connectivity index (χ1v) is 5.51. The van der Waals surface area contributed by atoms with E-state index in [0.29, 0.717) is 12.5 Å². The van der Waals surface area contributed by atoms with Crippen LogP contribution in [0.3, 0.4) is 0 Å². The van der Waals surface area contributed by atoms with Gasteiger partial charge in [0.05, 0.1) is 0 Å². The molecule has 80 valence electrons. The predicted octanol–water partition coefficient (Wildman–Crippen LogP) is 2.12. The summed E-state index contributed by atoms with van der Waals surface area (Å²) in [7, 11) is 0. The van der Waals surface area contributed by atoms with E-state index in [1.165, 1.54) is 16.7 Å². The number of hydrogen-bond acceptors (Lipinski definition) is 1. The number of benzene rings is 1. The summed E-state index contributed by atoms with van der Waals surface area (Å²) in [5, 5.41) is 3.01. The highest BCUT2D eigenvalue weighted by atomic mass is 16.1. The summed E-state index contributed by atoms with van der Waals surface area (Å²) in [4.78, 5) is 11.1. The molecule has 1 aliphatic rings. The van der Waals surface area contributed by atoms with Gasteiger partial charge in [0.15, 0.2) is 0 Å². The van der Waals surface area contributed by atoms with Crippen molar-refractivity contribution in [3.05, 3.63) is 34.9 Å². The molecule has 1 aliphatic heterocycles. The molecule has 0 bridgehead atoms. The lowest BCUT2D eigenvalue weighted by molar-refractivity contribution is -0.119. The molecule has 2 heteroatoms. The smallest absolute Gasteiger partial charge is 0.220 e. The number of aryl methyl sites for hydroxylation is 1. The third kappa shape index (κ3) is 2.20. The van der Waals surface area contributed by atoms with Gasteiger partial charge in [0.1, 0.15) is 0 Å². The lowest BCUT2D eigenvalue weighted by atomic mass is 9.97. The quantitative estimate of drug-likeness (QED) is 0.783. The van der Waals surface area contributed by atoms with Gasteiger partial charge < -0.3 is 5.32 Å². The molecule has 1 aromatic carbocycles. The summed E-state index contributed by atoms with van der Waals surface area (Å²) in [5.74, 6) is 0.199. The summed E-state index contributed by atoms with van der Waals surface area (Å²) < 4.78 is 0. The van der Waals surface area contributed by atoms with E-state index in [1.54, 1.807) is 0 Å². The predicted molar refractivity (Wildman–Crippen MR) is 60.8 cm³/mol. The van der Waals surface area contributed by atoms with Gasteiger partial charge in [0.25, 0.3) is 0 Å². The van der Waals surface area contributed by atoms with E-state index in [4.69, 9.17) is 0 Å². The second kappa shape index (κ2) is 4.05. The molecule has 2 nitrogen and oxygen atoms in total. The van der Waals surface area contributed by atoms with Gasteiger partial charge in [-0.25, -0.2) is 0 Å². The fourth-order valence-corrected chi connectivity index (χ4v) is 2.13. The van der Waals surface area contributed by atoms with Crippen molar-refractivity contribution in [2.45, 2.75) is 39.2 Å². The van der Waals surface area contributed by atoms with Crippen LogP contribution >= 0.6 is 0 Å². The molecule has 1 aromatic rings. The van der Waals surface area contributed by atoms with Crippen LogP contribution < -0.4 is 5.32 Å². The Balaban J connectivity index is 2.11. The first kappa shape index (κ1) is 10.2. The van der Waals surface area contributed by atoms with Crippen LogP contribution in [-0.2, 0) is 11.2 Å². The number of rotatable bonds is 2. The lowest BCUT2D eigenvalue weighted by Gasteiger charge is -2.13. The van der Waals surface area contributed by atoms with E-state index < -0.39 is 0 Å². The molecule has 0 saturated carbocycles. The molecule has 0 aromatic heterocycles. The maximum absolute atomic E-state index is 11.1. The SMILES string of the molecule is Cc1cccc(CC2CCC(=O)N2)c1C. The Morgan fingerprint density at radius 2 is 2.20 bits per heavy atom. The van der Waals surface area contributed by atoms with Crippen LogP contribution in [0, 0.1) is 13.8 Å². The second-order valence-electron chi connectivity index (χ2n) is 4.37. The molecule has 15 heavy (non-hydrogen) atoms. The molecule has 1 heterocycles. The van der Waals surface area contributed by atoms with Gasteiger partial charge in [0, 0.05) is 12.5 Å². The number of carbonyl (C=O) groups excluding carboxylic acids is 1. The van der Waals surface area contributed by atoms with Crippen LogP contribution in [0.4, 0.5) is 0 Å².